The van der Waals surface area contributed by atoms with Crippen LogP contribution in [0.5, 0.6) is 0 Å². The summed E-state index contributed by atoms with van der Waals surface area (Å²) in [6, 6.07) is 0. The van der Waals surface area contributed by atoms with Gasteiger partial charge in [-0.25, -0.2) is 0 Å². The Balaban J connectivity index is 1.95. The van der Waals surface area contributed by atoms with Gasteiger partial charge in [0.05, 0.1) is 0 Å². The molecule has 0 aromatic rings. The molecule has 1 nitrogen and oxygen atoms in total. The van der Waals surface area contributed by atoms with E-state index in [2.05, 4.69) is 38.0 Å². The Morgan fingerprint density at radius 1 is 1.38 bits per heavy atom. The molecule has 2 heteroatoms. The van der Waals surface area contributed by atoms with Gasteiger partial charge in [0.15, 0.2) is 0 Å². The first-order chi connectivity index (χ1) is 6.08. The van der Waals surface area contributed by atoms with Crippen molar-refractivity contribution in [2.75, 3.05) is 25.1 Å². The topological polar surface area (TPSA) is 12.0 Å². The highest BCUT2D eigenvalue weighted by molar-refractivity contribution is 7.99. The molecule has 1 aliphatic carbocycles. The van der Waals surface area contributed by atoms with Gasteiger partial charge in [0.25, 0.3) is 0 Å². The maximum Gasteiger partial charge on any atom is -0.000714 e. The van der Waals surface area contributed by atoms with E-state index in [0.29, 0.717) is 5.41 Å². The smallest absolute Gasteiger partial charge is 0.000714 e. The monoisotopic (exact) mass is 199 g/mol. The highest BCUT2D eigenvalue weighted by Gasteiger charge is 2.56. The second-order valence-corrected chi connectivity index (χ2v) is 6.64. The van der Waals surface area contributed by atoms with E-state index in [9.17, 15) is 0 Å². The van der Waals surface area contributed by atoms with Crippen LogP contribution < -0.4 is 5.32 Å². The molecule has 0 amide bonds. The molecule has 0 bridgehead atoms. The van der Waals surface area contributed by atoms with Crippen molar-refractivity contribution in [2.24, 2.45) is 16.7 Å². The number of hydrogen-bond acceptors (Lipinski definition) is 2. The molecule has 0 aromatic carbocycles. The van der Waals surface area contributed by atoms with Crippen LogP contribution in [0.25, 0.3) is 0 Å². The predicted octanol–water partition coefficient (Wildman–Crippen LogP) is 2.38. The third-order valence-electron chi connectivity index (χ3n) is 3.52. The molecule has 1 N–H and O–H groups in total. The Morgan fingerprint density at radius 3 is 2.77 bits per heavy atom. The van der Waals surface area contributed by atoms with Crippen molar-refractivity contribution < 1.29 is 0 Å². The standard InChI is InChI=1S/C11H21NS/c1-10(2)6-11(8-13-7-10)4-9(11)5-12-3/h9,12H,4-8H2,1-3H3. The fourth-order valence-electron chi connectivity index (χ4n) is 2.95. The molecule has 76 valence electrons. The molecular weight excluding hydrogens is 178 g/mol. The van der Waals surface area contributed by atoms with Crippen molar-refractivity contribution in [3.05, 3.63) is 0 Å². The van der Waals surface area contributed by atoms with Gasteiger partial charge in [0.2, 0.25) is 0 Å². The molecule has 13 heavy (non-hydrogen) atoms. The highest BCUT2D eigenvalue weighted by atomic mass is 32.2. The molecule has 1 spiro atoms. The summed E-state index contributed by atoms with van der Waals surface area (Å²) in [5.41, 5.74) is 1.32. The van der Waals surface area contributed by atoms with Gasteiger partial charge in [-0.2, -0.15) is 11.8 Å². The molecule has 0 radical (unpaired) electrons. The predicted molar refractivity (Wildman–Crippen MR) is 60.2 cm³/mol. The molecule has 2 rings (SSSR count). The second-order valence-electron chi connectivity index (χ2n) is 5.65. The van der Waals surface area contributed by atoms with Crippen molar-refractivity contribution in [3.63, 3.8) is 0 Å². The Bertz CT molecular complexity index is 202. The van der Waals surface area contributed by atoms with Gasteiger partial charge in [0.1, 0.15) is 0 Å². The average molecular weight is 199 g/mol. The summed E-state index contributed by atoms with van der Waals surface area (Å²) < 4.78 is 0. The van der Waals surface area contributed by atoms with Gasteiger partial charge >= 0.3 is 0 Å². The van der Waals surface area contributed by atoms with E-state index < -0.39 is 0 Å². The van der Waals surface area contributed by atoms with Gasteiger partial charge < -0.3 is 5.32 Å². The first kappa shape index (κ1) is 9.85. The van der Waals surface area contributed by atoms with Crippen molar-refractivity contribution in [1.82, 2.24) is 5.32 Å². The fraction of sp³-hybridized carbons (Fsp3) is 1.00. The third kappa shape index (κ3) is 1.89. The zero-order valence-corrected chi connectivity index (χ0v) is 9.84. The van der Waals surface area contributed by atoms with Crippen LogP contribution in [-0.2, 0) is 0 Å². The van der Waals surface area contributed by atoms with Crippen LogP contribution in [0, 0.1) is 16.7 Å². The highest BCUT2D eigenvalue weighted by Crippen LogP contribution is 2.62. The molecule has 2 atom stereocenters. The zero-order chi connectivity index (χ0) is 9.53. The Hall–Kier alpha value is 0.310. The quantitative estimate of drug-likeness (QED) is 0.733. The maximum absolute atomic E-state index is 3.32. The molecule has 1 heterocycles. The largest absolute Gasteiger partial charge is 0.319 e. The Kier molecular flexibility index (Phi) is 2.40. The Morgan fingerprint density at radius 2 is 2.15 bits per heavy atom. The normalized spacial score (nSPS) is 42.2. The minimum atomic E-state index is 0.589. The molecular formula is C11H21NS. The molecule has 1 saturated heterocycles. The van der Waals surface area contributed by atoms with Gasteiger partial charge in [-0.15, -0.1) is 0 Å². The van der Waals surface area contributed by atoms with Crippen LogP contribution in [0.15, 0.2) is 0 Å². The Labute approximate surface area is 86.0 Å². The first-order valence-electron chi connectivity index (χ1n) is 5.30. The summed E-state index contributed by atoms with van der Waals surface area (Å²) in [7, 11) is 2.08. The van der Waals surface area contributed by atoms with E-state index in [1.165, 1.54) is 30.9 Å². The number of nitrogens with one attached hydrogen (secondary N) is 1. The van der Waals surface area contributed by atoms with E-state index in [4.69, 9.17) is 0 Å². The van der Waals surface area contributed by atoms with E-state index >= 15 is 0 Å². The van der Waals surface area contributed by atoms with Crippen LogP contribution in [0.4, 0.5) is 0 Å². The lowest BCUT2D eigenvalue weighted by Gasteiger charge is -2.36. The lowest BCUT2D eigenvalue weighted by atomic mass is 9.81. The van der Waals surface area contributed by atoms with Gasteiger partial charge in [-0.1, -0.05) is 13.8 Å². The van der Waals surface area contributed by atoms with Crippen LogP contribution in [0.2, 0.25) is 0 Å². The minimum absolute atomic E-state index is 0.589. The van der Waals surface area contributed by atoms with E-state index in [1.54, 1.807) is 0 Å². The summed E-state index contributed by atoms with van der Waals surface area (Å²) in [4.78, 5) is 0. The van der Waals surface area contributed by atoms with Crippen LogP contribution in [0.3, 0.4) is 0 Å². The van der Waals surface area contributed by atoms with Gasteiger partial charge in [-0.05, 0) is 54.7 Å². The molecule has 1 saturated carbocycles. The summed E-state index contributed by atoms with van der Waals surface area (Å²) in [5.74, 6) is 3.76. The summed E-state index contributed by atoms with van der Waals surface area (Å²) >= 11 is 2.17. The molecule has 1 aliphatic heterocycles. The molecule has 2 fully saturated rings. The third-order valence-corrected chi connectivity index (χ3v) is 5.29. The molecule has 0 aromatic heterocycles. The summed E-state index contributed by atoms with van der Waals surface area (Å²) in [6.07, 6.45) is 2.93. The lowest BCUT2D eigenvalue weighted by Crippen LogP contribution is -2.30. The average Bonchev–Trinajstić information content (AvgIpc) is 2.61. The van der Waals surface area contributed by atoms with Crippen molar-refractivity contribution >= 4 is 11.8 Å². The first-order valence-corrected chi connectivity index (χ1v) is 6.46. The maximum atomic E-state index is 3.32. The molecule has 2 unspecified atom stereocenters. The van der Waals surface area contributed by atoms with Crippen molar-refractivity contribution in [3.8, 4) is 0 Å². The van der Waals surface area contributed by atoms with Gasteiger partial charge in [-0.3, -0.25) is 0 Å². The van der Waals surface area contributed by atoms with Gasteiger partial charge in [0, 0.05) is 0 Å². The SMILES string of the molecule is CNCC1CC12CSCC(C)(C)C2. The molecule has 2 aliphatic rings. The number of rotatable bonds is 2. The van der Waals surface area contributed by atoms with Crippen LogP contribution >= 0.6 is 11.8 Å². The van der Waals surface area contributed by atoms with Crippen molar-refractivity contribution in [2.45, 2.75) is 26.7 Å². The number of thioether (sulfide) groups is 1. The zero-order valence-electron chi connectivity index (χ0n) is 9.02. The summed E-state index contributed by atoms with van der Waals surface area (Å²) in [5, 5.41) is 3.32. The lowest BCUT2D eigenvalue weighted by molar-refractivity contribution is 0.273. The van der Waals surface area contributed by atoms with E-state index in [0.717, 1.165) is 11.3 Å². The van der Waals surface area contributed by atoms with E-state index in [1.807, 2.05) is 0 Å². The number of hydrogen-bond donors (Lipinski definition) is 1. The van der Waals surface area contributed by atoms with Crippen molar-refractivity contribution in [1.29, 1.82) is 0 Å². The minimum Gasteiger partial charge on any atom is -0.319 e. The van der Waals surface area contributed by atoms with Crippen LogP contribution in [0.1, 0.15) is 26.7 Å². The fourth-order valence-corrected chi connectivity index (χ4v) is 4.56. The summed E-state index contributed by atoms with van der Waals surface area (Å²) in [6.45, 7) is 6.09. The second kappa shape index (κ2) is 3.16. The van der Waals surface area contributed by atoms with E-state index in [-0.39, 0.29) is 0 Å². The van der Waals surface area contributed by atoms with Crippen LogP contribution in [-0.4, -0.2) is 25.1 Å².